The van der Waals surface area contributed by atoms with Crippen molar-refractivity contribution in [3.8, 4) is 5.75 Å². The average molecular weight is 208 g/mol. The van der Waals surface area contributed by atoms with Crippen LogP contribution in [0.2, 0.25) is 0 Å². The molecular formula is C11H16N2O2. The fraction of sp³-hybridized carbons (Fsp3) is 0.545. The molecule has 1 saturated heterocycles. The number of pyridine rings is 1. The molecule has 1 unspecified atom stereocenters. The molecule has 15 heavy (non-hydrogen) atoms. The van der Waals surface area contributed by atoms with Crippen LogP contribution in [0.5, 0.6) is 5.75 Å². The van der Waals surface area contributed by atoms with Crippen LogP contribution in [0.15, 0.2) is 18.3 Å². The van der Waals surface area contributed by atoms with E-state index in [0.29, 0.717) is 6.61 Å². The molecule has 82 valence electrons. The molecule has 1 atom stereocenters. The standard InChI is InChI=1S/C11H16N2O2/c1-9-10(4-3-5-12-9)15-11(2)8-14-7-6-13-11/h3-5,13H,6-8H2,1-2H3. The van der Waals surface area contributed by atoms with Gasteiger partial charge in [-0.05, 0) is 26.0 Å². The van der Waals surface area contributed by atoms with Gasteiger partial charge in [-0.25, -0.2) is 0 Å². The lowest BCUT2D eigenvalue weighted by molar-refractivity contribution is -0.0706. The van der Waals surface area contributed by atoms with Crippen molar-refractivity contribution in [1.29, 1.82) is 0 Å². The van der Waals surface area contributed by atoms with E-state index in [4.69, 9.17) is 9.47 Å². The monoisotopic (exact) mass is 208 g/mol. The summed E-state index contributed by atoms with van der Waals surface area (Å²) < 4.78 is 11.3. The molecule has 0 spiro atoms. The molecule has 1 aromatic heterocycles. The van der Waals surface area contributed by atoms with Gasteiger partial charge in [-0.3, -0.25) is 10.3 Å². The Balaban J connectivity index is 2.10. The number of hydrogen-bond acceptors (Lipinski definition) is 4. The van der Waals surface area contributed by atoms with Crippen molar-refractivity contribution in [1.82, 2.24) is 10.3 Å². The quantitative estimate of drug-likeness (QED) is 0.790. The second-order valence-corrected chi connectivity index (χ2v) is 3.90. The first kappa shape index (κ1) is 10.4. The van der Waals surface area contributed by atoms with Crippen molar-refractivity contribution < 1.29 is 9.47 Å². The van der Waals surface area contributed by atoms with E-state index in [0.717, 1.165) is 24.6 Å². The van der Waals surface area contributed by atoms with Crippen LogP contribution in [0, 0.1) is 6.92 Å². The lowest BCUT2D eigenvalue weighted by atomic mass is 10.2. The molecule has 1 aliphatic rings. The van der Waals surface area contributed by atoms with Gasteiger partial charge in [0.15, 0.2) is 5.72 Å². The van der Waals surface area contributed by atoms with Crippen LogP contribution in [0.25, 0.3) is 0 Å². The third-order valence-electron chi connectivity index (χ3n) is 2.42. The zero-order valence-corrected chi connectivity index (χ0v) is 9.12. The van der Waals surface area contributed by atoms with E-state index in [9.17, 15) is 0 Å². The van der Waals surface area contributed by atoms with Gasteiger partial charge in [0, 0.05) is 12.7 Å². The van der Waals surface area contributed by atoms with Gasteiger partial charge in [-0.2, -0.15) is 0 Å². The predicted octanol–water partition coefficient (Wildman–Crippen LogP) is 1.10. The van der Waals surface area contributed by atoms with E-state index in [1.807, 2.05) is 26.0 Å². The maximum Gasteiger partial charge on any atom is 0.181 e. The molecule has 0 bridgehead atoms. The minimum atomic E-state index is -0.438. The molecular weight excluding hydrogens is 192 g/mol. The van der Waals surface area contributed by atoms with Crippen LogP contribution in [0.1, 0.15) is 12.6 Å². The van der Waals surface area contributed by atoms with Gasteiger partial charge < -0.3 is 9.47 Å². The van der Waals surface area contributed by atoms with Crippen LogP contribution >= 0.6 is 0 Å². The minimum Gasteiger partial charge on any atom is -0.469 e. The molecule has 1 fully saturated rings. The van der Waals surface area contributed by atoms with E-state index >= 15 is 0 Å². The van der Waals surface area contributed by atoms with Crippen LogP contribution in [0.4, 0.5) is 0 Å². The molecule has 1 aromatic rings. The molecule has 4 nitrogen and oxygen atoms in total. The predicted molar refractivity (Wildman–Crippen MR) is 56.8 cm³/mol. The van der Waals surface area contributed by atoms with Gasteiger partial charge in [0.2, 0.25) is 0 Å². The molecule has 0 saturated carbocycles. The first-order valence-corrected chi connectivity index (χ1v) is 5.13. The highest BCUT2D eigenvalue weighted by atomic mass is 16.6. The zero-order valence-electron chi connectivity index (χ0n) is 9.12. The van der Waals surface area contributed by atoms with Crippen molar-refractivity contribution in [2.75, 3.05) is 19.8 Å². The van der Waals surface area contributed by atoms with Crippen LogP contribution in [0.3, 0.4) is 0 Å². The number of aromatic nitrogens is 1. The molecule has 1 N–H and O–H groups in total. The molecule has 0 aromatic carbocycles. The summed E-state index contributed by atoms with van der Waals surface area (Å²) in [6.07, 6.45) is 1.76. The largest absolute Gasteiger partial charge is 0.469 e. The highest BCUT2D eigenvalue weighted by Crippen LogP contribution is 2.20. The van der Waals surface area contributed by atoms with E-state index in [2.05, 4.69) is 10.3 Å². The highest BCUT2D eigenvalue weighted by Gasteiger charge is 2.29. The Labute approximate surface area is 89.6 Å². The Hall–Kier alpha value is -1.13. The Morgan fingerprint density at radius 2 is 2.47 bits per heavy atom. The summed E-state index contributed by atoms with van der Waals surface area (Å²) in [5.74, 6) is 0.804. The highest BCUT2D eigenvalue weighted by molar-refractivity contribution is 5.26. The average Bonchev–Trinajstić information content (AvgIpc) is 2.22. The second-order valence-electron chi connectivity index (χ2n) is 3.90. The number of nitrogens with zero attached hydrogens (tertiary/aromatic N) is 1. The maximum absolute atomic E-state index is 5.87. The Morgan fingerprint density at radius 3 is 3.13 bits per heavy atom. The first-order valence-electron chi connectivity index (χ1n) is 5.13. The zero-order chi connectivity index (χ0) is 10.7. The van der Waals surface area contributed by atoms with Crippen LogP contribution in [-0.4, -0.2) is 30.5 Å². The van der Waals surface area contributed by atoms with E-state index < -0.39 is 5.72 Å². The lowest BCUT2D eigenvalue weighted by Crippen LogP contribution is -2.56. The second kappa shape index (κ2) is 4.16. The van der Waals surface area contributed by atoms with Gasteiger partial charge in [-0.1, -0.05) is 0 Å². The van der Waals surface area contributed by atoms with E-state index in [1.165, 1.54) is 0 Å². The number of hydrogen-bond donors (Lipinski definition) is 1. The summed E-state index contributed by atoms with van der Waals surface area (Å²) in [4.78, 5) is 4.18. The number of morpholine rings is 1. The Kier molecular flexibility index (Phi) is 2.88. The van der Waals surface area contributed by atoms with Crippen molar-refractivity contribution in [3.05, 3.63) is 24.0 Å². The molecule has 2 rings (SSSR count). The third kappa shape index (κ3) is 2.46. The van der Waals surface area contributed by atoms with Crippen molar-refractivity contribution in [2.45, 2.75) is 19.6 Å². The van der Waals surface area contributed by atoms with E-state index in [-0.39, 0.29) is 0 Å². The Morgan fingerprint density at radius 1 is 1.60 bits per heavy atom. The summed E-state index contributed by atoms with van der Waals surface area (Å²) >= 11 is 0. The first-order chi connectivity index (χ1) is 7.20. The van der Waals surface area contributed by atoms with E-state index in [1.54, 1.807) is 6.20 Å². The van der Waals surface area contributed by atoms with Crippen LogP contribution < -0.4 is 10.1 Å². The van der Waals surface area contributed by atoms with Crippen molar-refractivity contribution >= 4 is 0 Å². The van der Waals surface area contributed by atoms with Crippen LogP contribution in [-0.2, 0) is 4.74 Å². The topological polar surface area (TPSA) is 43.4 Å². The summed E-state index contributed by atoms with van der Waals surface area (Å²) in [6, 6.07) is 3.79. The fourth-order valence-electron chi connectivity index (χ4n) is 1.59. The third-order valence-corrected chi connectivity index (χ3v) is 2.42. The summed E-state index contributed by atoms with van der Waals surface area (Å²) in [6.45, 7) is 6.03. The van der Waals surface area contributed by atoms with Crippen molar-refractivity contribution in [2.24, 2.45) is 0 Å². The normalized spacial score (nSPS) is 26.3. The van der Waals surface area contributed by atoms with Gasteiger partial charge in [0.25, 0.3) is 0 Å². The number of rotatable bonds is 2. The number of ether oxygens (including phenoxy) is 2. The molecule has 0 amide bonds. The number of aryl methyl sites for hydroxylation is 1. The van der Waals surface area contributed by atoms with Gasteiger partial charge >= 0.3 is 0 Å². The molecule has 1 aliphatic heterocycles. The Bertz CT molecular complexity index is 335. The number of nitrogens with one attached hydrogen (secondary N) is 1. The smallest absolute Gasteiger partial charge is 0.181 e. The summed E-state index contributed by atoms with van der Waals surface area (Å²) in [5.41, 5.74) is 0.456. The summed E-state index contributed by atoms with van der Waals surface area (Å²) in [5, 5.41) is 3.30. The van der Waals surface area contributed by atoms with Gasteiger partial charge in [0.05, 0.1) is 12.3 Å². The minimum absolute atomic E-state index is 0.438. The fourth-order valence-corrected chi connectivity index (χ4v) is 1.59. The van der Waals surface area contributed by atoms with Gasteiger partial charge in [0.1, 0.15) is 12.4 Å². The van der Waals surface area contributed by atoms with Crippen molar-refractivity contribution in [3.63, 3.8) is 0 Å². The lowest BCUT2D eigenvalue weighted by Gasteiger charge is -2.35. The maximum atomic E-state index is 5.87. The molecule has 2 heterocycles. The molecule has 4 heteroatoms. The SMILES string of the molecule is Cc1ncccc1OC1(C)COCCN1. The summed E-state index contributed by atoms with van der Waals surface area (Å²) in [7, 11) is 0. The molecule has 0 aliphatic carbocycles. The molecule has 0 radical (unpaired) electrons. The van der Waals surface area contributed by atoms with Gasteiger partial charge in [-0.15, -0.1) is 0 Å².